The van der Waals surface area contributed by atoms with E-state index < -0.39 is 0 Å². The molecule has 2 nitrogen and oxygen atoms in total. The van der Waals surface area contributed by atoms with Gasteiger partial charge in [-0.2, -0.15) is 0 Å². The van der Waals surface area contributed by atoms with Crippen LogP contribution in [0.2, 0.25) is 0 Å². The van der Waals surface area contributed by atoms with Gasteiger partial charge in [-0.15, -0.1) is 11.3 Å². The number of hydrogen-bond acceptors (Lipinski definition) is 3. The van der Waals surface area contributed by atoms with E-state index >= 15 is 0 Å². The lowest BCUT2D eigenvalue weighted by Gasteiger charge is -2.24. The summed E-state index contributed by atoms with van der Waals surface area (Å²) in [4.78, 5) is 4.74. The summed E-state index contributed by atoms with van der Waals surface area (Å²) in [5, 5.41) is 1.31. The van der Waals surface area contributed by atoms with Gasteiger partial charge in [-0.05, 0) is 37.8 Å². The molecule has 0 aliphatic heterocycles. The van der Waals surface area contributed by atoms with E-state index in [2.05, 4.69) is 24.3 Å². The molecule has 0 bridgehead atoms. The maximum atomic E-state index is 5.93. The number of benzene rings is 1. The summed E-state index contributed by atoms with van der Waals surface area (Å²) in [6, 6.07) is 8.82. The Morgan fingerprint density at radius 3 is 2.62 bits per heavy atom. The number of nitrogens with two attached hydrogens (primary N) is 1. The molecule has 0 atom stereocenters. The van der Waals surface area contributed by atoms with Crippen LogP contribution in [0.3, 0.4) is 0 Å². The zero-order valence-corrected chi connectivity index (χ0v) is 10.0. The molecule has 84 valence electrons. The lowest BCUT2D eigenvalue weighted by atomic mass is 9.87. The number of thiazole rings is 1. The number of nitrogens with zero attached hydrogens (tertiary/aromatic N) is 1. The zero-order chi connectivity index (χ0) is 11.0. The zero-order valence-electron chi connectivity index (χ0n) is 9.23. The second-order valence-corrected chi connectivity index (χ2v) is 5.69. The van der Waals surface area contributed by atoms with E-state index in [1.807, 2.05) is 11.3 Å². The quantitative estimate of drug-likeness (QED) is 0.819. The van der Waals surface area contributed by atoms with Crippen molar-refractivity contribution in [2.45, 2.75) is 37.6 Å². The minimum absolute atomic E-state index is 0.422. The Balaban J connectivity index is 1.88. The van der Waals surface area contributed by atoms with Gasteiger partial charge in [0.25, 0.3) is 0 Å². The predicted molar refractivity (Wildman–Crippen MR) is 68.8 cm³/mol. The van der Waals surface area contributed by atoms with Crippen LogP contribution < -0.4 is 5.73 Å². The van der Waals surface area contributed by atoms with Crippen LogP contribution in [-0.2, 0) is 0 Å². The highest BCUT2D eigenvalue weighted by Gasteiger charge is 2.22. The summed E-state index contributed by atoms with van der Waals surface area (Å²) < 4.78 is 1.31. The molecule has 0 saturated heterocycles. The van der Waals surface area contributed by atoms with E-state index in [1.54, 1.807) is 0 Å². The smallest absolute Gasteiger partial charge is 0.0969 e. The van der Waals surface area contributed by atoms with E-state index in [9.17, 15) is 0 Å². The fraction of sp³-hybridized carbons (Fsp3) is 0.462. The molecule has 1 heterocycles. The van der Waals surface area contributed by atoms with Crippen molar-refractivity contribution < 1.29 is 0 Å². The molecule has 0 spiro atoms. The monoisotopic (exact) mass is 232 g/mol. The molecule has 1 fully saturated rings. The molecule has 16 heavy (non-hydrogen) atoms. The van der Waals surface area contributed by atoms with E-state index in [0.29, 0.717) is 12.0 Å². The third kappa shape index (κ3) is 1.85. The fourth-order valence-electron chi connectivity index (χ4n) is 2.43. The molecule has 3 heteroatoms. The average molecular weight is 232 g/mol. The largest absolute Gasteiger partial charge is 0.328 e. The minimum Gasteiger partial charge on any atom is -0.328 e. The second kappa shape index (κ2) is 4.15. The van der Waals surface area contributed by atoms with Crippen molar-refractivity contribution in [1.29, 1.82) is 0 Å². The normalized spacial score (nSPS) is 26.1. The number of rotatable bonds is 1. The maximum absolute atomic E-state index is 5.93. The van der Waals surface area contributed by atoms with Crippen molar-refractivity contribution in [1.82, 2.24) is 4.98 Å². The van der Waals surface area contributed by atoms with Crippen molar-refractivity contribution >= 4 is 21.6 Å². The topological polar surface area (TPSA) is 38.9 Å². The minimum atomic E-state index is 0.422. The van der Waals surface area contributed by atoms with Gasteiger partial charge < -0.3 is 5.73 Å². The van der Waals surface area contributed by atoms with Crippen LogP contribution in [0.5, 0.6) is 0 Å². The molecule has 0 radical (unpaired) electrons. The molecule has 3 rings (SSSR count). The summed E-state index contributed by atoms with van der Waals surface area (Å²) in [5.74, 6) is 0.650. The van der Waals surface area contributed by atoms with Gasteiger partial charge in [-0.1, -0.05) is 12.1 Å². The van der Waals surface area contributed by atoms with Crippen LogP contribution in [0, 0.1) is 0 Å². The van der Waals surface area contributed by atoms with Gasteiger partial charge in [0.1, 0.15) is 0 Å². The molecule has 2 N–H and O–H groups in total. The van der Waals surface area contributed by atoms with Crippen LogP contribution in [0.25, 0.3) is 10.2 Å². The highest BCUT2D eigenvalue weighted by molar-refractivity contribution is 7.18. The molecule has 1 aromatic heterocycles. The van der Waals surface area contributed by atoms with E-state index in [-0.39, 0.29) is 0 Å². The first-order valence-corrected chi connectivity index (χ1v) is 6.75. The highest BCUT2D eigenvalue weighted by Crippen LogP contribution is 2.36. The molecule has 1 saturated carbocycles. The molecule has 1 aromatic carbocycles. The number of fused-ring (bicyclic) bond motifs is 1. The van der Waals surface area contributed by atoms with Gasteiger partial charge in [0.05, 0.1) is 15.2 Å². The molecule has 1 aliphatic carbocycles. The predicted octanol–water partition coefficient (Wildman–Crippen LogP) is 3.28. The van der Waals surface area contributed by atoms with E-state index in [0.717, 1.165) is 18.4 Å². The van der Waals surface area contributed by atoms with Crippen LogP contribution >= 0.6 is 11.3 Å². The Morgan fingerprint density at radius 1 is 1.12 bits per heavy atom. The summed E-state index contributed by atoms with van der Waals surface area (Å²) >= 11 is 1.85. The Morgan fingerprint density at radius 2 is 1.88 bits per heavy atom. The Hall–Kier alpha value is -0.930. The summed E-state index contributed by atoms with van der Waals surface area (Å²) in [5.41, 5.74) is 7.08. The standard InChI is InChI=1S/C13H16N2S/c14-10-7-5-9(6-8-10)13-15-11-3-1-2-4-12(11)16-13/h1-4,9-10H,5-8,14H2. The van der Waals surface area contributed by atoms with Crippen molar-refractivity contribution in [3.05, 3.63) is 29.3 Å². The van der Waals surface area contributed by atoms with Crippen molar-refractivity contribution in [2.75, 3.05) is 0 Å². The molecular weight excluding hydrogens is 216 g/mol. The van der Waals surface area contributed by atoms with Gasteiger partial charge in [0, 0.05) is 12.0 Å². The Labute approximate surface area is 99.5 Å². The van der Waals surface area contributed by atoms with E-state index in [1.165, 1.54) is 22.5 Å². The summed E-state index contributed by atoms with van der Waals surface area (Å²) in [6.07, 6.45) is 4.73. The Bertz CT molecular complexity index is 450. The van der Waals surface area contributed by atoms with Crippen LogP contribution in [0.4, 0.5) is 0 Å². The lowest BCUT2D eigenvalue weighted by Crippen LogP contribution is -2.25. The fourth-order valence-corrected chi connectivity index (χ4v) is 3.57. The molecular formula is C13H16N2S. The summed E-state index contributed by atoms with van der Waals surface area (Å²) in [7, 11) is 0. The third-order valence-corrected chi connectivity index (χ3v) is 4.63. The summed E-state index contributed by atoms with van der Waals surface area (Å²) in [6.45, 7) is 0. The molecule has 0 unspecified atom stereocenters. The first-order chi connectivity index (χ1) is 7.83. The molecule has 1 aliphatic rings. The van der Waals surface area contributed by atoms with Crippen molar-refractivity contribution in [2.24, 2.45) is 5.73 Å². The number of aromatic nitrogens is 1. The van der Waals surface area contributed by atoms with Crippen molar-refractivity contribution in [3.8, 4) is 0 Å². The van der Waals surface area contributed by atoms with Gasteiger partial charge in [-0.25, -0.2) is 4.98 Å². The maximum Gasteiger partial charge on any atom is 0.0969 e. The van der Waals surface area contributed by atoms with Crippen LogP contribution in [-0.4, -0.2) is 11.0 Å². The van der Waals surface area contributed by atoms with Crippen molar-refractivity contribution in [3.63, 3.8) is 0 Å². The van der Waals surface area contributed by atoms with Gasteiger partial charge >= 0.3 is 0 Å². The molecule has 0 amide bonds. The van der Waals surface area contributed by atoms with Gasteiger partial charge in [-0.3, -0.25) is 0 Å². The number of hydrogen-bond donors (Lipinski definition) is 1. The SMILES string of the molecule is NC1CCC(c2nc3ccccc3s2)CC1. The van der Waals surface area contributed by atoms with Crippen LogP contribution in [0.1, 0.15) is 36.6 Å². The van der Waals surface area contributed by atoms with Crippen LogP contribution in [0.15, 0.2) is 24.3 Å². The van der Waals surface area contributed by atoms with E-state index in [4.69, 9.17) is 10.7 Å². The van der Waals surface area contributed by atoms with Gasteiger partial charge in [0.2, 0.25) is 0 Å². The highest BCUT2D eigenvalue weighted by atomic mass is 32.1. The second-order valence-electron chi connectivity index (χ2n) is 4.63. The molecule has 2 aromatic rings. The van der Waals surface area contributed by atoms with Gasteiger partial charge in [0.15, 0.2) is 0 Å². The lowest BCUT2D eigenvalue weighted by molar-refractivity contribution is 0.395. The first kappa shape index (κ1) is 10.2. The first-order valence-electron chi connectivity index (χ1n) is 5.94. The number of para-hydroxylation sites is 1. The average Bonchev–Trinajstić information content (AvgIpc) is 2.73. The Kier molecular flexibility index (Phi) is 2.65. The third-order valence-electron chi connectivity index (χ3n) is 3.43.